The lowest BCUT2D eigenvalue weighted by Gasteiger charge is -2.20. The third-order valence-corrected chi connectivity index (χ3v) is 4.48. The van der Waals surface area contributed by atoms with Crippen molar-refractivity contribution in [2.75, 3.05) is 13.1 Å². The number of thiophene rings is 1. The molecule has 1 aliphatic heterocycles. The van der Waals surface area contributed by atoms with Crippen LogP contribution in [-0.2, 0) is 6.42 Å². The van der Waals surface area contributed by atoms with E-state index in [1.54, 1.807) is 0 Å². The summed E-state index contributed by atoms with van der Waals surface area (Å²) >= 11 is 5.57. The summed E-state index contributed by atoms with van der Waals surface area (Å²) in [5.41, 5.74) is 0. The van der Waals surface area contributed by atoms with Crippen molar-refractivity contribution in [1.82, 2.24) is 4.90 Å². The van der Waals surface area contributed by atoms with E-state index in [-0.39, 0.29) is 0 Å². The van der Waals surface area contributed by atoms with E-state index in [0.717, 1.165) is 6.04 Å². The first-order valence-corrected chi connectivity index (χ1v) is 6.96. The lowest BCUT2D eigenvalue weighted by Crippen LogP contribution is -2.29. The van der Waals surface area contributed by atoms with Gasteiger partial charge >= 0.3 is 0 Å². The molecule has 0 spiro atoms. The fourth-order valence-electron chi connectivity index (χ4n) is 2.05. The van der Waals surface area contributed by atoms with Crippen LogP contribution in [0.15, 0.2) is 17.5 Å². The van der Waals surface area contributed by atoms with Gasteiger partial charge in [0.1, 0.15) is 0 Å². The van der Waals surface area contributed by atoms with Gasteiger partial charge in [0.05, 0.1) is 0 Å². The van der Waals surface area contributed by atoms with Gasteiger partial charge in [0, 0.05) is 28.8 Å². The second kappa shape index (κ2) is 4.77. The summed E-state index contributed by atoms with van der Waals surface area (Å²) < 4.78 is 0. The van der Waals surface area contributed by atoms with Crippen LogP contribution in [0.2, 0.25) is 0 Å². The molecule has 0 amide bonds. The molecule has 14 heavy (non-hydrogen) atoms. The van der Waals surface area contributed by atoms with Gasteiger partial charge in [0.25, 0.3) is 0 Å². The van der Waals surface area contributed by atoms with Crippen molar-refractivity contribution in [1.29, 1.82) is 0 Å². The molecule has 1 saturated heterocycles. The molecular formula is C11H16BrNS. The smallest absolute Gasteiger partial charge is 0.0288 e. The van der Waals surface area contributed by atoms with E-state index in [0.29, 0.717) is 4.83 Å². The molecule has 0 N–H and O–H groups in total. The Morgan fingerprint density at radius 1 is 1.64 bits per heavy atom. The van der Waals surface area contributed by atoms with Crippen molar-refractivity contribution in [3.05, 3.63) is 22.4 Å². The quantitative estimate of drug-likeness (QED) is 0.765. The zero-order valence-corrected chi connectivity index (χ0v) is 10.9. The van der Waals surface area contributed by atoms with Crippen LogP contribution in [0.3, 0.4) is 0 Å². The van der Waals surface area contributed by atoms with Gasteiger partial charge in [-0.15, -0.1) is 11.3 Å². The molecule has 1 aromatic rings. The molecule has 2 atom stereocenters. The minimum Gasteiger partial charge on any atom is -0.299 e. The normalized spacial score (nSPS) is 28.4. The summed E-state index contributed by atoms with van der Waals surface area (Å²) in [5, 5.41) is 2.16. The molecule has 0 aliphatic carbocycles. The summed E-state index contributed by atoms with van der Waals surface area (Å²) in [6, 6.07) is 5.12. The van der Waals surface area contributed by atoms with E-state index >= 15 is 0 Å². The molecule has 0 saturated carbocycles. The predicted molar refractivity (Wildman–Crippen MR) is 66.4 cm³/mol. The summed E-state index contributed by atoms with van der Waals surface area (Å²) in [6.07, 6.45) is 2.51. The second-order valence-corrected chi connectivity index (χ2v) is 6.33. The van der Waals surface area contributed by atoms with Crippen LogP contribution in [0.25, 0.3) is 0 Å². The molecule has 78 valence electrons. The van der Waals surface area contributed by atoms with Gasteiger partial charge in [-0.2, -0.15) is 0 Å². The molecule has 2 rings (SSSR count). The molecule has 2 unspecified atom stereocenters. The lowest BCUT2D eigenvalue weighted by molar-refractivity contribution is 0.273. The maximum Gasteiger partial charge on any atom is 0.0288 e. The highest BCUT2D eigenvalue weighted by Crippen LogP contribution is 2.23. The van der Waals surface area contributed by atoms with Crippen molar-refractivity contribution in [2.45, 2.75) is 30.6 Å². The fraction of sp³-hybridized carbons (Fsp3) is 0.636. The number of hydrogen-bond acceptors (Lipinski definition) is 2. The van der Waals surface area contributed by atoms with E-state index in [4.69, 9.17) is 0 Å². The zero-order valence-electron chi connectivity index (χ0n) is 8.45. The summed E-state index contributed by atoms with van der Waals surface area (Å²) in [6.45, 7) is 4.76. The SMILES string of the molecule is CC1CC(Br)CN1CCc1cccs1. The van der Waals surface area contributed by atoms with Crippen molar-refractivity contribution < 1.29 is 0 Å². The van der Waals surface area contributed by atoms with Crippen LogP contribution in [0, 0.1) is 0 Å². The number of rotatable bonds is 3. The van der Waals surface area contributed by atoms with Gasteiger partial charge < -0.3 is 0 Å². The monoisotopic (exact) mass is 273 g/mol. The molecule has 1 nitrogen and oxygen atoms in total. The van der Waals surface area contributed by atoms with E-state index in [1.165, 1.54) is 30.8 Å². The summed E-state index contributed by atoms with van der Waals surface area (Å²) in [5.74, 6) is 0. The van der Waals surface area contributed by atoms with Crippen LogP contribution in [0.1, 0.15) is 18.2 Å². The highest BCUT2D eigenvalue weighted by atomic mass is 79.9. The van der Waals surface area contributed by atoms with E-state index in [1.807, 2.05) is 11.3 Å². The van der Waals surface area contributed by atoms with Gasteiger partial charge in [0.15, 0.2) is 0 Å². The maximum atomic E-state index is 3.70. The third-order valence-electron chi connectivity index (χ3n) is 2.88. The largest absolute Gasteiger partial charge is 0.299 e. The third kappa shape index (κ3) is 2.59. The van der Waals surface area contributed by atoms with Crippen molar-refractivity contribution >= 4 is 27.3 Å². The second-order valence-electron chi connectivity index (χ2n) is 4.01. The average molecular weight is 274 g/mol. The van der Waals surface area contributed by atoms with Crippen LogP contribution >= 0.6 is 27.3 Å². The molecule has 1 aliphatic rings. The van der Waals surface area contributed by atoms with Gasteiger partial charge in [-0.05, 0) is 31.2 Å². The Morgan fingerprint density at radius 3 is 3.07 bits per heavy atom. The molecule has 1 fully saturated rings. The Hall–Kier alpha value is 0.140. The molecule has 0 bridgehead atoms. The van der Waals surface area contributed by atoms with E-state index in [9.17, 15) is 0 Å². The predicted octanol–water partition coefficient (Wildman–Crippen LogP) is 3.15. The first kappa shape index (κ1) is 10.7. The number of hydrogen-bond donors (Lipinski definition) is 0. The van der Waals surface area contributed by atoms with Gasteiger partial charge in [-0.1, -0.05) is 22.0 Å². The van der Waals surface area contributed by atoms with Crippen molar-refractivity contribution in [3.8, 4) is 0 Å². The molecule has 2 heterocycles. The zero-order chi connectivity index (χ0) is 9.97. The average Bonchev–Trinajstić information content (AvgIpc) is 2.72. The Kier molecular flexibility index (Phi) is 3.63. The van der Waals surface area contributed by atoms with E-state index < -0.39 is 0 Å². The standard InChI is InChI=1S/C11H16BrNS/c1-9-7-10(12)8-13(9)5-4-11-3-2-6-14-11/h2-3,6,9-10H,4-5,7-8H2,1H3. The van der Waals surface area contributed by atoms with Gasteiger partial charge in [-0.3, -0.25) is 4.90 Å². The lowest BCUT2D eigenvalue weighted by atomic mass is 10.2. The molecule has 3 heteroatoms. The minimum atomic E-state index is 0.709. The van der Waals surface area contributed by atoms with Crippen LogP contribution in [0.5, 0.6) is 0 Å². The highest BCUT2D eigenvalue weighted by Gasteiger charge is 2.26. The Morgan fingerprint density at radius 2 is 2.50 bits per heavy atom. The topological polar surface area (TPSA) is 3.24 Å². The number of likely N-dealkylation sites (tertiary alicyclic amines) is 1. The van der Waals surface area contributed by atoms with Crippen molar-refractivity contribution in [2.24, 2.45) is 0 Å². The maximum absolute atomic E-state index is 3.70. The first-order chi connectivity index (χ1) is 6.75. The Labute approximate surface area is 98.2 Å². The van der Waals surface area contributed by atoms with E-state index in [2.05, 4.69) is 45.3 Å². The molecular weight excluding hydrogens is 258 g/mol. The van der Waals surface area contributed by atoms with Gasteiger partial charge in [-0.25, -0.2) is 0 Å². The number of nitrogens with zero attached hydrogens (tertiary/aromatic N) is 1. The molecule has 1 aromatic heterocycles. The fourth-order valence-corrected chi connectivity index (χ4v) is 3.66. The highest BCUT2D eigenvalue weighted by molar-refractivity contribution is 9.09. The first-order valence-electron chi connectivity index (χ1n) is 5.16. The molecule has 0 radical (unpaired) electrons. The van der Waals surface area contributed by atoms with Crippen LogP contribution in [-0.4, -0.2) is 28.9 Å². The Bertz CT molecular complexity index is 273. The van der Waals surface area contributed by atoms with Gasteiger partial charge in [0.2, 0.25) is 0 Å². The van der Waals surface area contributed by atoms with Crippen molar-refractivity contribution in [3.63, 3.8) is 0 Å². The van der Waals surface area contributed by atoms with Crippen LogP contribution in [0.4, 0.5) is 0 Å². The summed E-state index contributed by atoms with van der Waals surface area (Å²) in [4.78, 5) is 4.80. The minimum absolute atomic E-state index is 0.709. The Balaban J connectivity index is 1.81. The summed E-state index contributed by atoms with van der Waals surface area (Å²) in [7, 11) is 0. The van der Waals surface area contributed by atoms with Crippen LogP contribution < -0.4 is 0 Å². The molecule has 0 aromatic carbocycles. The number of halogens is 1. The number of alkyl halides is 1.